The SMILES string of the molecule is Cc1ccc(C2=CCN(CCCCn3c(=O)[nH]c(=O)c4ccccc43)CC2)cc1. The lowest BCUT2D eigenvalue weighted by Crippen LogP contribution is -2.31. The van der Waals surface area contributed by atoms with Crippen LogP contribution in [0.5, 0.6) is 0 Å². The van der Waals surface area contributed by atoms with Crippen LogP contribution >= 0.6 is 0 Å². The van der Waals surface area contributed by atoms with Gasteiger partial charge >= 0.3 is 5.69 Å². The Labute approximate surface area is 170 Å². The molecule has 0 bridgehead atoms. The molecule has 0 aliphatic carbocycles. The zero-order valence-corrected chi connectivity index (χ0v) is 16.9. The second kappa shape index (κ2) is 8.62. The summed E-state index contributed by atoms with van der Waals surface area (Å²) in [4.78, 5) is 29.1. The highest BCUT2D eigenvalue weighted by Crippen LogP contribution is 2.22. The predicted molar refractivity (Wildman–Crippen MR) is 118 cm³/mol. The zero-order valence-electron chi connectivity index (χ0n) is 16.9. The number of benzene rings is 2. The minimum atomic E-state index is -0.322. The number of para-hydroxylation sites is 1. The molecule has 1 aliphatic heterocycles. The number of hydrogen-bond donors (Lipinski definition) is 1. The van der Waals surface area contributed by atoms with Gasteiger partial charge in [0, 0.05) is 19.6 Å². The van der Waals surface area contributed by atoms with E-state index >= 15 is 0 Å². The van der Waals surface area contributed by atoms with E-state index in [1.54, 1.807) is 10.6 Å². The van der Waals surface area contributed by atoms with Crippen molar-refractivity contribution in [3.63, 3.8) is 0 Å². The van der Waals surface area contributed by atoms with E-state index in [9.17, 15) is 9.59 Å². The third-order valence-electron chi connectivity index (χ3n) is 5.73. The first-order chi connectivity index (χ1) is 14.1. The van der Waals surface area contributed by atoms with Gasteiger partial charge in [-0.1, -0.05) is 48.0 Å². The average molecular weight is 389 g/mol. The molecule has 0 radical (unpaired) electrons. The maximum absolute atomic E-state index is 12.2. The molecule has 2 heterocycles. The normalized spacial score (nSPS) is 14.9. The van der Waals surface area contributed by atoms with Gasteiger partial charge in [0.25, 0.3) is 5.56 Å². The number of nitrogens with one attached hydrogen (secondary N) is 1. The van der Waals surface area contributed by atoms with Gasteiger partial charge in [0.15, 0.2) is 0 Å². The average Bonchev–Trinajstić information content (AvgIpc) is 2.74. The van der Waals surface area contributed by atoms with E-state index in [1.807, 2.05) is 18.2 Å². The van der Waals surface area contributed by atoms with E-state index in [4.69, 9.17) is 0 Å². The lowest BCUT2D eigenvalue weighted by molar-refractivity contribution is 0.292. The first-order valence-electron chi connectivity index (χ1n) is 10.3. The number of nitrogens with zero attached hydrogens (tertiary/aromatic N) is 2. The molecular formula is C24H27N3O2. The summed E-state index contributed by atoms with van der Waals surface area (Å²) in [7, 11) is 0. The largest absolute Gasteiger partial charge is 0.328 e. The van der Waals surface area contributed by atoms with Gasteiger partial charge in [0.1, 0.15) is 0 Å². The molecule has 1 N–H and O–H groups in total. The maximum atomic E-state index is 12.2. The van der Waals surface area contributed by atoms with Crippen molar-refractivity contribution in [1.29, 1.82) is 0 Å². The van der Waals surface area contributed by atoms with Gasteiger partial charge in [-0.2, -0.15) is 0 Å². The Kier molecular flexibility index (Phi) is 5.76. The monoisotopic (exact) mass is 389 g/mol. The molecule has 150 valence electrons. The summed E-state index contributed by atoms with van der Waals surface area (Å²) in [6.45, 7) is 5.80. The number of aryl methyl sites for hydroxylation is 2. The van der Waals surface area contributed by atoms with Gasteiger partial charge in [0.05, 0.1) is 10.9 Å². The molecule has 0 atom stereocenters. The lowest BCUT2D eigenvalue weighted by atomic mass is 9.98. The van der Waals surface area contributed by atoms with Crippen molar-refractivity contribution in [3.8, 4) is 0 Å². The number of fused-ring (bicyclic) bond motifs is 1. The van der Waals surface area contributed by atoms with E-state index in [1.165, 1.54) is 16.7 Å². The van der Waals surface area contributed by atoms with Crippen LogP contribution in [0.4, 0.5) is 0 Å². The fourth-order valence-electron chi connectivity index (χ4n) is 4.01. The highest BCUT2D eigenvalue weighted by Gasteiger charge is 2.13. The summed E-state index contributed by atoms with van der Waals surface area (Å²) < 4.78 is 1.68. The van der Waals surface area contributed by atoms with Crippen molar-refractivity contribution in [2.45, 2.75) is 32.7 Å². The van der Waals surface area contributed by atoms with Crippen LogP contribution in [0.1, 0.15) is 30.4 Å². The highest BCUT2D eigenvalue weighted by atomic mass is 16.2. The zero-order chi connectivity index (χ0) is 20.2. The van der Waals surface area contributed by atoms with Gasteiger partial charge in [-0.15, -0.1) is 0 Å². The summed E-state index contributed by atoms with van der Waals surface area (Å²) in [6.07, 6.45) is 5.34. The van der Waals surface area contributed by atoms with E-state index < -0.39 is 0 Å². The fraction of sp³-hybridized carbons (Fsp3) is 0.333. The third-order valence-corrected chi connectivity index (χ3v) is 5.73. The van der Waals surface area contributed by atoms with Crippen molar-refractivity contribution >= 4 is 16.5 Å². The maximum Gasteiger partial charge on any atom is 0.328 e. The molecular weight excluding hydrogens is 362 g/mol. The molecule has 0 fully saturated rings. The fourth-order valence-corrected chi connectivity index (χ4v) is 4.01. The minimum absolute atomic E-state index is 0.314. The van der Waals surface area contributed by atoms with Gasteiger partial charge < -0.3 is 0 Å². The smallest absolute Gasteiger partial charge is 0.299 e. The molecule has 3 aromatic rings. The molecule has 0 unspecified atom stereocenters. The van der Waals surface area contributed by atoms with Crippen LogP contribution in [-0.4, -0.2) is 34.1 Å². The van der Waals surface area contributed by atoms with Crippen LogP contribution in [0.2, 0.25) is 0 Å². The Bertz CT molecular complexity index is 1140. The molecule has 5 heteroatoms. The molecule has 0 saturated carbocycles. The standard InChI is InChI=1S/C24H27N3O2/c1-18-8-10-19(11-9-18)20-12-16-26(17-13-20)14-4-5-15-27-22-7-3-2-6-21(22)23(28)25-24(27)29/h2-3,6-12H,4-5,13-17H2,1H3,(H,25,28,29). The summed E-state index contributed by atoms with van der Waals surface area (Å²) in [5, 5.41) is 0.567. The molecule has 4 rings (SSSR count). The number of aromatic nitrogens is 2. The second-order valence-corrected chi connectivity index (χ2v) is 7.78. The van der Waals surface area contributed by atoms with Crippen LogP contribution < -0.4 is 11.2 Å². The van der Waals surface area contributed by atoms with E-state index in [-0.39, 0.29) is 11.2 Å². The predicted octanol–water partition coefficient (Wildman–Crippen LogP) is 3.57. The topological polar surface area (TPSA) is 58.1 Å². The van der Waals surface area contributed by atoms with Crippen LogP contribution in [0, 0.1) is 6.92 Å². The van der Waals surface area contributed by atoms with Crippen LogP contribution in [0.15, 0.2) is 64.2 Å². The Balaban J connectivity index is 1.32. The number of hydrogen-bond acceptors (Lipinski definition) is 3. The highest BCUT2D eigenvalue weighted by molar-refractivity contribution is 5.77. The Morgan fingerprint density at radius 1 is 0.966 bits per heavy atom. The summed E-state index contributed by atoms with van der Waals surface area (Å²) in [5.41, 5.74) is 4.14. The minimum Gasteiger partial charge on any atom is -0.299 e. The summed E-state index contributed by atoms with van der Waals surface area (Å²) in [5.74, 6) is 0. The molecule has 2 aromatic carbocycles. The van der Waals surface area contributed by atoms with E-state index in [0.29, 0.717) is 17.4 Å². The van der Waals surface area contributed by atoms with Gasteiger partial charge in [0.2, 0.25) is 0 Å². The lowest BCUT2D eigenvalue weighted by Gasteiger charge is -2.26. The Morgan fingerprint density at radius 2 is 1.72 bits per heavy atom. The van der Waals surface area contributed by atoms with Crippen molar-refractivity contribution in [1.82, 2.24) is 14.5 Å². The van der Waals surface area contributed by atoms with Crippen molar-refractivity contribution in [3.05, 3.63) is 86.6 Å². The number of aromatic amines is 1. The Morgan fingerprint density at radius 3 is 2.48 bits per heavy atom. The molecule has 0 amide bonds. The third kappa shape index (κ3) is 4.40. The molecule has 0 saturated heterocycles. The van der Waals surface area contributed by atoms with Crippen LogP contribution in [0.25, 0.3) is 16.5 Å². The summed E-state index contributed by atoms with van der Waals surface area (Å²) in [6, 6.07) is 16.1. The van der Waals surface area contributed by atoms with Crippen molar-refractivity contribution < 1.29 is 0 Å². The van der Waals surface area contributed by atoms with Gasteiger partial charge in [-0.05, 0) is 56.0 Å². The molecule has 0 spiro atoms. The molecule has 5 nitrogen and oxygen atoms in total. The van der Waals surface area contributed by atoms with Gasteiger partial charge in [-0.3, -0.25) is 19.2 Å². The first-order valence-corrected chi connectivity index (χ1v) is 10.3. The van der Waals surface area contributed by atoms with Crippen molar-refractivity contribution in [2.75, 3.05) is 19.6 Å². The molecule has 1 aliphatic rings. The van der Waals surface area contributed by atoms with Crippen LogP contribution in [-0.2, 0) is 6.54 Å². The summed E-state index contributed by atoms with van der Waals surface area (Å²) >= 11 is 0. The number of rotatable bonds is 6. The molecule has 29 heavy (non-hydrogen) atoms. The van der Waals surface area contributed by atoms with Gasteiger partial charge in [-0.25, -0.2) is 4.79 Å². The van der Waals surface area contributed by atoms with E-state index in [0.717, 1.165) is 38.9 Å². The molecule has 1 aromatic heterocycles. The van der Waals surface area contributed by atoms with E-state index in [2.05, 4.69) is 47.1 Å². The number of unbranched alkanes of at least 4 members (excludes halogenated alkanes) is 1. The van der Waals surface area contributed by atoms with Crippen LogP contribution in [0.3, 0.4) is 0 Å². The Hall–Kier alpha value is -2.92. The quantitative estimate of drug-likeness (QED) is 0.656. The first kappa shape index (κ1) is 19.4. The second-order valence-electron chi connectivity index (χ2n) is 7.78. The number of H-pyrrole nitrogens is 1. The van der Waals surface area contributed by atoms with Crippen molar-refractivity contribution in [2.24, 2.45) is 0 Å².